The van der Waals surface area contributed by atoms with Crippen molar-refractivity contribution in [1.82, 2.24) is 5.32 Å². The average Bonchev–Trinajstić information content (AvgIpc) is 2.26. The molecule has 0 bridgehead atoms. The van der Waals surface area contributed by atoms with Crippen LogP contribution in [-0.4, -0.2) is 6.54 Å². The summed E-state index contributed by atoms with van der Waals surface area (Å²) >= 11 is 2.97. The van der Waals surface area contributed by atoms with E-state index in [4.69, 9.17) is 0 Å². The van der Waals surface area contributed by atoms with Crippen molar-refractivity contribution in [3.8, 4) is 0 Å². The fourth-order valence-electron chi connectivity index (χ4n) is 1.60. The molecular formula is C12H16BrF2N. The Labute approximate surface area is 103 Å². The first kappa shape index (κ1) is 13.6. The predicted octanol–water partition coefficient (Wildman–Crippen LogP) is 4.18. The van der Waals surface area contributed by atoms with E-state index in [2.05, 4.69) is 21.2 Å². The minimum atomic E-state index is -0.423. The zero-order chi connectivity index (χ0) is 12.1. The van der Waals surface area contributed by atoms with Gasteiger partial charge in [-0.2, -0.15) is 0 Å². The summed E-state index contributed by atoms with van der Waals surface area (Å²) < 4.78 is 27.2. The van der Waals surface area contributed by atoms with E-state index in [0.29, 0.717) is 5.56 Å². The standard InChI is InChI=1S/C12H16BrF2N/c1-3-5-16-12(4-2)8-6-11(15)9(13)7-10(8)14/h6-7,12,16H,3-5H2,1-2H3. The lowest BCUT2D eigenvalue weighted by molar-refractivity contribution is 0.482. The fraction of sp³-hybridized carbons (Fsp3) is 0.500. The Morgan fingerprint density at radius 2 is 1.94 bits per heavy atom. The van der Waals surface area contributed by atoms with Crippen LogP contribution in [0.15, 0.2) is 16.6 Å². The van der Waals surface area contributed by atoms with Crippen molar-refractivity contribution in [1.29, 1.82) is 0 Å². The Morgan fingerprint density at radius 3 is 2.50 bits per heavy atom. The van der Waals surface area contributed by atoms with Gasteiger partial charge < -0.3 is 5.32 Å². The van der Waals surface area contributed by atoms with Gasteiger partial charge in [-0.1, -0.05) is 13.8 Å². The van der Waals surface area contributed by atoms with E-state index in [-0.39, 0.29) is 16.3 Å². The molecule has 90 valence electrons. The lowest BCUT2D eigenvalue weighted by atomic mass is 10.0. The first-order chi connectivity index (χ1) is 7.60. The molecule has 1 nitrogen and oxygen atoms in total. The second kappa shape index (κ2) is 6.30. The van der Waals surface area contributed by atoms with Gasteiger partial charge in [0, 0.05) is 11.6 Å². The molecule has 0 saturated carbocycles. The Balaban J connectivity index is 2.95. The molecule has 1 atom stereocenters. The van der Waals surface area contributed by atoms with Crippen molar-refractivity contribution >= 4 is 15.9 Å². The average molecular weight is 292 g/mol. The number of rotatable bonds is 5. The van der Waals surface area contributed by atoms with Crippen molar-refractivity contribution in [3.05, 3.63) is 33.8 Å². The molecular weight excluding hydrogens is 276 g/mol. The maximum absolute atomic E-state index is 13.7. The van der Waals surface area contributed by atoms with Crippen LogP contribution in [0.2, 0.25) is 0 Å². The zero-order valence-electron chi connectivity index (χ0n) is 9.49. The van der Waals surface area contributed by atoms with E-state index in [9.17, 15) is 8.78 Å². The Hall–Kier alpha value is -0.480. The molecule has 0 aliphatic heterocycles. The highest BCUT2D eigenvalue weighted by molar-refractivity contribution is 9.10. The fourth-order valence-corrected chi connectivity index (χ4v) is 1.91. The summed E-state index contributed by atoms with van der Waals surface area (Å²) in [5.41, 5.74) is 0.400. The SMILES string of the molecule is CCCNC(CC)c1cc(F)c(Br)cc1F. The third-order valence-electron chi connectivity index (χ3n) is 2.46. The molecule has 0 radical (unpaired) electrons. The number of halogens is 3. The van der Waals surface area contributed by atoms with Crippen LogP contribution in [0, 0.1) is 11.6 Å². The Kier molecular flexibility index (Phi) is 5.35. The molecule has 1 rings (SSSR count). The van der Waals surface area contributed by atoms with Crippen LogP contribution in [0.3, 0.4) is 0 Å². The van der Waals surface area contributed by atoms with E-state index < -0.39 is 5.82 Å². The lowest BCUT2D eigenvalue weighted by Crippen LogP contribution is -2.22. The van der Waals surface area contributed by atoms with Crippen LogP contribution in [0.4, 0.5) is 8.78 Å². The summed E-state index contributed by atoms with van der Waals surface area (Å²) in [6.07, 6.45) is 1.70. The van der Waals surface area contributed by atoms with E-state index in [1.807, 2.05) is 13.8 Å². The smallest absolute Gasteiger partial charge is 0.137 e. The summed E-state index contributed by atoms with van der Waals surface area (Å²) in [5, 5.41) is 3.20. The van der Waals surface area contributed by atoms with Crippen LogP contribution in [0.25, 0.3) is 0 Å². The molecule has 0 fully saturated rings. The van der Waals surface area contributed by atoms with Crippen molar-refractivity contribution in [2.24, 2.45) is 0 Å². The van der Waals surface area contributed by atoms with Gasteiger partial charge in [0.15, 0.2) is 0 Å². The lowest BCUT2D eigenvalue weighted by Gasteiger charge is -2.18. The summed E-state index contributed by atoms with van der Waals surface area (Å²) in [5.74, 6) is -0.795. The molecule has 0 aromatic heterocycles. The predicted molar refractivity (Wildman–Crippen MR) is 65.4 cm³/mol. The summed E-state index contributed by atoms with van der Waals surface area (Å²) in [6.45, 7) is 4.79. The first-order valence-corrected chi connectivity index (χ1v) is 6.27. The van der Waals surface area contributed by atoms with Crippen molar-refractivity contribution in [3.63, 3.8) is 0 Å². The molecule has 0 spiro atoms. The molecule has 4 heteroatoms. The van der Waals surface area contributed by atoms with Crippen LogP contribution >= 0.6 is 15.9 Å². The van der Waals surface area contributed by atoms with Crippen molar-refractivity contribution < 1.29 is 8.78 Å². The molecule has 0 amide bonds. The van der Waals surface area contributed by atoms with Gasteiger partial charge >= 0.3 is 0 Å². The Morgan fingerprint density at radius 1 is 1.25 bits per heavy atom. The number of benzene rings is 1. The van der Waals surface area contributed by atoms with Crippen LogP contribution < -0.4 is 5.32 Å². The second-order valence-electron chi connectivity index (χ2n) is 3.70. The quantitative estimate of drug-likeness (QED) is 0.803. The number of hydrogen-bond donors (Lipinski definition) is 1. The summed E-state index contributed by atoms with van der Waals surface area (Å²) in [7, 11) is 0. The number of nitrogens with one attached hydrogen (secondary N) is 1. The van der Waals surface area contributed by atoms with Gasteiger partial charge in [-0.05, 0) is 47.4 Å². The van der Waals surface area contributed by atoms with E-state index in [0.717, 1.165) is 19.4 Å². The van der Waals surface area contributed by atoms with E-state index in [1.54, 1.807) is 0 Å². The molecule has 1 aromatic carbocycles. The molecule has 16 heavy (non-hydrogen) atoms. The van der Waals surface area contributed by atoms with Gasteiger partial charge in [0.2, 0.25) is 0 Å². The van der Waals surface area contributed by atoms with Crippen LogP contribution in [-0.2, 0) is 0 Å². The monoisotopic (exact) mass is 291 g/mol. The minimum Gasteiger partial charge on any atom is -0.310 e. The minimum absolute atomic E-state index is 0.123. The highest BCUT2D eigenvalue weighted by Crippen LogP contribution is 2.25. The molecule has 1 N–H and O–H groups in total. The van der Waals surface area contributed by atoms with Crippen molar-refractivity contribution in [2.45, 2.75) is 32.7 Å². The zero-order valence-corrected chi connectivity index (χ0v) is 11.1. The summed E-state index contributed by atoms with van der Waals surface area (Å²) in [6, 6.07) is 2.32. The van der Waals surface area contributed by atoms with Gasteiger partial charge in [0.05, 0.1) is 4.47 Å². The largest absolute Gasteiger partial charge is 0.310 e. The molecule has 0 heterocycles. The third-order valence-corrected chi connectivity index (χ3v) is 3.07. The maximum Gasteiger partial charge on any atom is 0.137 e. The first-order valence-electron chi connectivity index (χ1n) is 5.48. The van der Waals surface area contributed by atoms with Gasteiger partial charge in [-0.15, -0.1) is 0 Å². The van der Waals surface area contributed by atoms with Crippen molar-refractivity contribution in [2.75, 3.05) is 6.54 Å². The normalized spacial score (nSPS) is 12.8. The molecule has 0 saturated heterocycles. The van der Waals surface area contributed by atoms with Gasteiger partial charge in [-0.25, -0.2) is 8.78 Å². The van der Waals surface area contributed by atoms with Gasteiger partial charge in [0.25, 0.3) is 0 Å². The maximum atomic E-state index is 13.7. The molecule has 1 aromatic rings. The van der Waals surface area contributed by atoms with E-state index in [1.165, 1.54) is 12.1 Å². The number of hydrogen-bond acceptors (Lipinski definition) is 1. The van der Waals surface area contributed by atoms with Gasteiger partial charge in [-0.3, -0.25) is 0 Å². The second-order valence-corrected chi connectivity index (χ2v) is 4.56. The highest BCUT2D eigenvalue weighted by Gasteiger charge is 2.15. The van der Waals surface area contributed by atoms with Crippen LogP contribution in [0.5, 0.6) is 0 Å². The summed E-state index contributed by atoms with van der Waals surface area (Å²) in [4.78, 5) is 0. The highest BCUT2D eigenvalue weighted by atomic mass is 79.9. The topological polar surface area (TPSA) is 12.0 Å². The van der Waals surface area contributed by atoms with Gasteiger partial charge in [0.1, 0.15) is 11.6 Å². The Bertz CT molecular complexity index is 355. The van der Waals surface area contributed by atoms with Crippen LogP contribution in [0.1, 0.15) is 38.3 Å². The third kappa shape index (κ3) is 3.25. The molecule has 0 aliphatic rings. The molecule has 0 aliphatic carbocycles. The van der Waals surface area contributed by atoms with E-state index >= 15 is 0 Å². The molecule has 1 unspecified atom stereocenters.